The second kappa shape index (κ2) is 4.75. The fourth-order valence-electron chi connectivity index (χ4n) is 1.03. The van der Waals surface area contributed by atoms with Crippen molar-refractivity contribution in [1.29, 1.82) is 5.26 Å². The Morgan fingerprint density at radius 3 is 2.73 bits per heavy atom. The molecule has 0 saturated heterocycles. The number of nitrogens with one attached hydrogen (secondary N) is 1. The Labute approximate surface area is 97.1 Å². The van der Waals surface area contributed by atoms with Crippen molar-refractivity contribution in [3.63, 3.8) is 0 Å². The van der Waals surface area contributed by atoms with Crippen molar-refractivity contribution in [3.05, 3.63) is 28.2 Å². The summed E-state index contributed by atoms with van der Waals surface area (Å²) in [5.41, 5.74) is 0.959. The molecule has 0 unspecified atom stereocenters. The molecule has 0 bridgehead atoms. The quantitative estimate of drug-likeness (QED) is 0.858. The minimum Gasteiger partial charge on any atom is -0.207 e. The van der Waals surface area contributed by atoms with Crippen LogP contribution in [0, 0.1) is 18.3 Å². The van der Waals surface area contributed by atoms with Crippen molar-refractivity contribution in [2.75, 3.05) is 6.54 Å². The molecule has 1 N–H and O–H groups in total. The van der Waals surface area contributed by atoms with Gasteiger partial charge in [-0.05, 0) is 40.5 Å². The van der Waals surface area contributed by atoms with Gasteiger partial charge >= 0.3 is 0 Å². The summed E-state index contributed by atoms with van der Waals surface area (Å²) in [7, 11) is -3.59. The van der Waals surface area contributed by atoms with Crippen LogP contribution in [0.15, 0.2) is 27.6 Å². The molecule has 4 nitrogen and oxygen atoms in total. The molecule has 0 fully saturated rings. The minimum atomic E-state index is -3.59. The van der Waals surface area contributed by atoms with Gasteiger partial charge in [0.25, 0.3) is 0 Å². The molecule has 0 radical (unpaired) electrons. The second-order valence-corrected chi connectivity index (χ2v) is 5.51. The highest BCUT2D eigenvalue weighted by Gasteiger charge is 2.16. The van der Waals surface area contributed by atoms with Crippen molar-refractivity contribution < 1.29 is 8.42 Å². The molecule has 6 heteroatoms. The largest absolute Gasteiger partial charge is 0.242 e. The van der Waals surface area contributed by atoms with Crippen molar-refractivity contribution in [3.8, 4) is 6.07 Å². The molecule has 1 rings (SSSR count). The van der Waals surface area contributed by atoms with E-state index in [9.17, 15) is 8.42 Å². The first-order chi connectivity index (χ1) is 6.97. The van der Waals surface area contributed by atoms with E-state index in [2.05, 4.69) is 20.7 Å². The summed E-state index contributed by atoms with van der Waals surface area (Å²) in [6.07, 6.45) is 0. The maximum Gasteiger partial charge on any atom is 0.242 e. The molecule has 0 spiro atoms. The lowest BCUT2D eigenvalue weighted by Crippen LogP contribution is -2.24. The molecule has 0 saturated carbocycles. The monoisotopic (exact) mass is 288 g/mol. The maximum atomic E-state index is 11.6. The molecular formula is C9H9BrN2O2S. The molecule has 1 aromatic carbocycles. The van der Waals surface area contributed by atoms with Crippen LogP contribution in [0.1, 0.15) is 5.56 Å². The van der Waals surface area contributed by atoms with Gasteiger partial charge in [0.2, 0.25) is 10.0 Å². The minimum absolute atomic E-state index is 0.142. The molecule has 80 valence electrons. The van der Waals surface area contributed by atoms with Crippen LogP contribution in [0.3, 0.4) is 0 Å². The standard InChI is InChI=1S/C9H9BrN2O2S/c1-7-2-3-9(8(10)6-7)15(13,14)12-5-4-11/h2-3,6,12H,5H2,1H3. The van der Waals surface area contributed by atoms with Gasteiger partial charge in [0, 0.05) is 4.47 Å². The number of hydrogen-bond donors (Lipinski definition) is 1. The summed E-state index contributed by atoms with van der Waals surface area (Å²) >= 11 is 3.17. The lowest BCUT2D eigenvalue weighted by Gasteiger charge is -2.06. The highest BCUT2D eigenvalue weighted by molar-refractivity contribution is 9.10. The lowest BCUT2D eigenvalue weighted by atomic mass is 10.2. The fraction of sp³-hybridized carbons (Fsp3) is 0.222. The third-order valence-corrected chi connectivity index (χ3v) is 4.10. The van der Waals surface area contributed by atoms with Crippen LogP contribution in [0.4, 0.5) is 0 Å². The SMILES string of the molecule is Cc1ccc(S(=O)(=O)NCC#N)c(Br)c1. The summed E-state index contributed by atoms with van der Waals surface area (Å²) in [6.45, 7) is 1.63. The molecule has 0 aliphatic rings. The van der Waals surface area contributed by atoms with Crippen LogP contribution in [-0.4, -0.2) is 15.0 Å². The van der Waals surface area contributed by atoms with Gasteiger partial charge in [0.1, 0.15) is 0 Å². The fourth-order valence-corrected chi connectivity index (χ4v) is 3.13. The highest BCUT2D eigenvalue weighted by Crippen LogP contribution is 2.22. The maximum absolute atomic E-state index is 11.6. The van der Waals surface area contributed by atoms with Gasteiger partial charge in [-0.25, -0.2) is 8.42 Å². The average molecular weight is 289 g/mol. The molecule has 0 aliphatic heterocycles. The molecule has 1 aromatic rings. The molecule has 0 atom stereocenters. The number of hydrogen-bond acceptors (Lipinski definition) is 3. The van der Waals surface area contributed by atoms with Crippen molar-refractivity contribution in [2.24, 2.45) is 0 Å². The molecule has 0 amide bonds. The molecular weight excluding hydrogens is 280 g/mol. The Kier molecular flexibility index (Phi) is 3.85. The van der Waals surface area contributed by atoms with Crippen LogP contribution in [-0.2, 0) is 10.0 Å². The smallest absolute Gasteiger partial charge is 0.207 e. The Bertz CT molecular complexity index is 505. The van der Waals surface area contributed by atoms with E-state index in [1.165, 1.54) is 6.07 Å². The topological polar surface area (TPSA) is 70.0 Å². The van der Waals surface area contributed by atoms with Crippen molar-refractivity contribution in [1.82, 2.24) is 4.72 Å². The third-order valence-electron chi connectivity index (χ3n) is 1.72. The first kappa shape index (κ1) is 12.2. The predicted molar refractivity (Wildman–Crippen MR) is 59.7 cm³/mol. The van der Waals surface area contributed by atoms with E-state index in [-0.39, 0.29) is 11.4 Å². The summed E-state index contributed by atoms with van der Waals surface area (Å²) in [5.74, 6) is 0. The van der Waals surface area contributed by atoms with Gasteiger partial charge in [0.05, 0.1) is 17.5 Å². The second-order valence-electron chi connectivity index (χ2n) is 2.92. The van der Waals surface area contributed by atoms with Crippen LogP contribution >= 0.6 is 15.9 Å². The normalized spacial score (nSPS) is 11.0. The molecule has 0 aromatic heterocycles. The van der Waals surface area contributed by atoms with Gasteiger partial charge in [-0.1, -0.05) is 6.07 Å². The predicted octanol–water partition coefficient (Wildman–Crippen LogP) is 1.56. The van der Waals surface area contributed by atoms with E-state index in [1.54, 1.807) is 18.2 Å². The average Bonchev–Trinajstić information content (AvgIpc) is 2.14. The number of benzene rings is 1. The van der Waals surface area contributed by atoms with Gasteiger partial charge in [-0.2, -0.15) is 9.98 Å². The van der Waals surface area contributed by atoms with E-state index in [0.717, 1.165) is 5.56 Å². The zero-order valence-electron chi connectivity index (χ0n) is 7.99. The third kappa shape index (κ3) is 3.02. The van der Waals surface area contributed by atoms with Gasteiger partial charge in [-0.15, -0.1) is 0 Å². The summed E-state index contributed by atoms with van der Waals surface area (Å²) < 4.78 is 25.9. The zero-order valence-corrected chi connectivity index (χ0v) is 10.4. The number of nitrogens with zero attached hydrogens (tertiary/aromatic N) is 1. The number of aryl methyl sites for hydroxylation is 1. The number of halogens is 1. The number of sulfonamides is 1. The first-order valence-electron chi connectivity index (χ1n) is 4.10. The lowest BCUT2D eigenvalue weighted by molar-refractivity contribution is 0.585. The molecule has 0 aliphatic carbocycles. The van der Waals surface area contributed by atoms with E-state index in [1.807, 2.05) is 6.92 Å². The number of nitriles is 1. The van der Waals surface area contributed by atoms with Gasteiger partial charge in [0.15, 0.2) is 0 Å². The summed E-state index contributed by atoms with van der Waals surface area (Å²) in [4.78, 5) is 0.142. The Morgan fingerprint density at radius 1 is 1.53 bits per heavy atom. The van der Waals surface area contributed by atoms with E-state index >= 15 is 0 Å². The van der Waals surface area contributed by atoms with E-state index in [0.29, 0.717) is 4.47 Å². The molecule has 0 heterocycles. The van der Waals surface area contributed by atoms with E-state index < -0.39 is 10.0 Å². The highest BCUT2D eigenvalue weighted by atomic mass is 79.9. The van der Waals surface area contributed by atoms with Crippen LogP contribution in [0.5, 0.6) is 0 Å². The van der Waals surface area contributed by atoms with Gasteiger partial charge in [-0.3, -0.25) is 0 Å². The van der Waals surface area contributed by atoms with Crippen LogP contribution < -0.4 is 4.72 Å². The molecule has 15 heavy (non-hydrogen) atoms. The van der Waals surface area contributed by atoms with Crippen LogP contribution in [0.25, 0.3) is 0 Å². The van der Waals surface area contributed by atoms with Crippen molar-refractivity contribution in [2.45, 2.75) is 11.8 Å². The van der Waals surface area contributed by atoms with Crippen molar-refractivity contribution >= 4 is 26.0 Å². The summed E-state index contributed by atoms with van der Waals surface area (Å²) in [5, 5.41) is 8.30. The summed E-state index contributed by atoms with van der Waals surface area (Å²) in [6, 6.07) is 6.63. The Hall–Kier alpha value is -0.900. The van der Waals surface area contributed by atoms with Crippen LogP contribution in [0.2, 0.25) is 0 Å². The Balaban J connectivity index is 3.12. The zero-order chi connectivity index (χ0) is 11.5. The number of rotatable bonds is 3. The van der Waals surface area contributed by atoms with Gasteiger partial charge < -0.3 is 0 Å². The Morgan fingerprint density at radius 2 is 2.20 bits per heavy atom. The first-order valence-corrected chi connectivity index (χ1v) is 6.38. The van der Waals surface area contributed by atoms with E-state index in [4.69, 9.17) is 5.26 Å².